The zero-order chi connectivity index (χ0) is 14.9. The highest BCUT2D eigenvalue weighted by atomic mass is 19.1. The number of nitrogens with two attached hydrogens (primary N) is 1. The summed E-state index contributed by atoms with van der Waals surface area (Å²) in [5.74, 6) is -0.110. The minimum Gasteiger partial charge on any atom is -0.487 e. The molecule has 0 radical (unpaired) electrons. The van der Waals surface area contributed by atoms with E-state index in [0.717, 1.165) is 44.5 Å². The van der Waals surface area contributed by atoms with Crippen LogP contribution in [0, 0.1) is 12.7 Å². The normalized spacial score (nSPS) is 25.0. The first-order chi connectivity index (χ1) is 10.1. The van der Waals surface area contributed by atoms with Crippen molar-refractivity contribution in [1.29, 1.82) is 0 Å². The van der Waals surface area contributed by atoms with Crippen LogP contribution >= 0.6 is 0 Å². The number of benzene rings is 1. The van der Waals surface area contributed by atoms with Crippen LogP contribution in [0.15, 0.2) is 12.1 Å². The van der Waals surface area contributed by atoms with Crippen LogP contribution in [0.5, 0.6) is 5.75 Å². The van der Waals surface area contributed by atoms with Crippen molar-refractivity contribution in [3.63, 3.8) is 0 Å². The van der Waals surface area contributed by atoms with Crippen molar-refractivity contribution in [2.75, 3.05) is 25.6 Å². The fourth-order valence-electron chi connectivity index (χ4n) is 3.12. The maximum atomic E-state index is 14.0. The molecule has 0 aliphatic carbocycles. The predicted octanol–water partition coefficient (Wildman–Crippen LogP) is 2.82. The Kier molecular flexibility index (Phi) is 4.04. The van der Waals surface area contributed by atoms with Crippen molar-refractivity contribution in [1.82, 2.24) is 0 Å². The van der Waals surface area contributed by atoms with Crippen molar-refractivity contribution < 1.29 is 18.6 Å². The SMILES string of the molecule is Cc1cc(OC2CCOC3(CCOCC3)C2)c(F)cc1N. The Bertz CT molecular complexity index is 509. The van der Waals surface area contributed by atoms with Crippen LogP contribution in [0.2, 0.25) is 0 Å². The van der Waals surface area contributed by atoms with Crippen LogP contribution in [0.25, 0.3) is 0 Å². The second-order valence-corrected chi connectivity index (χ2v) is 6.02. The maximum absolute atomic E-state index is 14.0. The van der Waals surface area contributed by atoms with Gasteiger partial charge in [-0.1, -0.05) is 0 Å². The van der Waals surface area contributed by atoms with Gasteiger partial charge in [-0.25, -0.2) is 4.39 Å². The number of anilines is 1. The summed E-state index contributed by atoms with van der Waals surface area (Å²) in [6.45, 7) is 3.95. The van der Waals surface area contributed by atoms with E-state index in [4.69, 9.17) is 19.9 Å². The van der Waals surface area contributed by atoms with E-state index >= 15 is 0 Å². The molecule has 0 saturated carbocycles. The Morgan fingerprint density at radius 2 is 2.05 bits per heavy atom. The number of aryl methyl sites for hydroxylation is 1. The monoisotopic (exact) mass is 295 g/mol. The molecule has 0 bridgehead atoms. The topological polar surface area (TPSA) is 53.7 Å². The second-order valence-electron chi connectivity index (χ2n) is 6.02. The molecule has 0 aromatic heterocycles. The van der Waals surface area contributed by atoms with Gasteiger partial charge in [0.15, 0.2) is 11.6 Å². The van der Waals surface area contributed by atoms with Crippen molar-refractivity contribution in [2.24, 2.45) is 0 Å². The summed E-state index contributed by atoms with van der Waals surface area (Å²) in [6.07, 6.45) is 3.33. The summed E-state index contributed by atoms with van der Waals surface area (Å²) in [6, 6.07) is 3.00. The minimum atomic E-state index is -0.398. The summed E-state index contributed by atoms with van der Waals surface area (Å²) >= 11 is 0. The summed E-state index contributed by atoms with van der Waals surface area (Å²) in [5, 5.41) is 0. The third-order valence-corrected chi connectivity index (χ3v) is 4.47. The summed E-state index contributed by atoms with van der Waals surface area (Å²) < 4.78 is 31.2. The minimum absolute atomic E-state index is 0.0191. The number of halogens is 1. The molecule has 1 aromatic rings. The first-order valence-corrected chi connectivity index (χ1v) is 7.52. The van der Waals surface area contributed by atoms with E-state index in [1.807, 2.05) is 6.92 Å². The van der Waals surface area contributed by atoms with Gasteiger partial charge in [0.2, 0.25) is 0 Å². The average molecular weight is 295 g/mol. The Morgan fingerprint density at radius 3 is 2.81 bits per heavy atom. The molecule has 116 valence electrons. The molecule has 0 amide bonds. The van der Waals surface area contributed by atoms with Gasteiger partial charge in [-0.3, -0.25) is 0 Å². The van der Waals surface area contributed by atoms with Crippen LogP contribution < -0.4 is 10.5 Å². The highest BCUT2D eigenvalue weighted by Crippen LogP contribution is 2.36. The molecule has 2 aliphatic heterocycles. The molecular weight excluding hydrogens is 273 g/mol. The van der Waals surface area contributed by atoms with E-state index in [2.05, 4.69) is 0 Å². The predicted molar refractivity (Wildman–Crippen MR) is 77.9 cm³/mol. The van der Waals surface area contributed by atoms with Crippen LogP contribution in [0.1, 0.15) is 31.2 Å². The molecule has 2 N–H and O–H groups in total. The molecule has 4 nitrogen and oxygen atoms in total. The Balaban J connectivity index is 1.71. The number of hydrogen-bond acceptors (Lipinski definition) is 4. The molecule has 21 heavy (non-hydrogen) atoms. The highest BCUT2D eigenvalue weighted by Gasteiger charge is 2.40. The first-order valence-electron chi connectivity index (χ1n) is 7.52. The van der Waals surface area contributed by atoms with E-state index in [9.17, 15) is 4.39 Å². The van der Waals surface area contributed by atoms with Gasteiger partial charge in [0, 0.05) is 37.8 Å². The molecule has 1 unspecified atom stereocenters. The number of ether oxygens (including phenoxy) is 3. The zero-order valence-corrected chi connectivity index (χ0v) is 12.4. The third-order valence-electron chi connectivity index (χ3n) is 4.47. The zero-order valence-electron chi connectivity index (χ0n) is 12.4. The Hall–Kier alpha value is -1.33. The van der Waals surface area contributed by atoms with Gasteiger partial charge in [0.1, 0.15) is 6.10 Å². The van der Waals surface area contributed by atoms with Gasteiger partial charge in [0.05, 0.1) is 12.2 Å². The lowest BCUT2D eigenvalue weighted by Gasteiger charge is -2.43. The molecule has 2 saturated heterocycles. The fraction of sp³-hybridized carbons (Fsp3) is 0.625. The van der Waals surface area contributed by atoms with Crippen molar-refractivity contribution >= 4 is 5.69 Å². The number of nitrogen functional groups attached to an aromatic ring is 1. The standard InChI is InChI=1S/C16H22FNO3/c1-11-8-15(13(17)9-14(11)18)21-12-2-5-20-16(10-12)3-6-19-7-4-16/h8-9,12H,2-7,10,18H2,1H3. The van der Waals surface area contributed by atoms with Crippen LogP contribution in [-0.4, -0.2) is 31.5 Å². The average Bonchev–Trinajstić information content (AvgIpc) is 2.46. The van der Waals surface area contributed by atoms with E-state index in [0.29, 0.717) is 12.3 Å². The summed E-state index contributed by atoms with van der Waals surface area (Å²) in [7, 11) is 0. The summed E-state index contributed by atoms with van der Waals surface area (Å²) in [5.41, 5.74) is 6.84. The van der Waals surface area contributed by atoms with Crippen LogP contribution in [-0.2, 0) is 9.47 Å². The van der Waals surface area contributed by atoms with Crippen LogP contribution in [0.3, 0.4) is 0 Å². The number of rotatable bonds is 2. The largest absolute Gasteiger partial charge is 0.487 e. The molecule has 1 atom stereocenters. The third kappa shape index (κ3) is 3.14. The van der Waals surface area contributed by atoms with Crippen molar-refractivity contribution in [2.45, 2.75) is 44.3 Å². The van der Waals surface area contributed by atoms with E-state index in [1.165, 1.54) is 6.07 Å². The fourth-order valence-corrected chi connectivity index (χ4v) is 3.12. The lowest BCUT2D eigenvalue weighted by Crippen LogP contribution is -2.47. The van der Waals surface area contributed by atoms with Gasteiger partial charge >= 0.3 is 0 Å². The van der Waals surface area contributed by atoms with Gasteiger partial charge in [-0.2, -0.15) is 0 Å². The molecule has 1 spiro atoms. The Morgan fingerprint density at radius 1 is 1.29 bits per heavy atom. The van der Waals surface area contributed by atoms with Gasteiger partial charge in [0.25, 0.3) is 0 Å². The molecular formula is C16H22FNO3. The lowest BCUT2D eigenvalue weighted by atomic mass is 9.85. The molecule has 2 heterocycles. The molecule has 2 aliphatic rings. The molecule has 1 aromatic carbocycles. The maximum Gasteiger partial charge on any atom is 0.167 e. The van der Waals surface area contributed by atoms with Gasteiger partial charge in [-0.15, -0.1) is 0 Å². The van der Waals surface area contributed by atoms with Gasteiger partial charge in [-0.05, 0) is 31.4 Å². The summed E-state index contributed by atoms with van der Waals surface area (Å²) in [4.78, 5) is 0. The highest BCUT2D eigenvalue weighted by molar-refractivity contribution is 5.50. The van der Waals surface area contributed by atoms with Gasteiger partial charge < -0.3 is 19.9 Å². The van der Waals surface area contributed by atoms with Crippen LogP contribution in [0.4, 0.5) is 10.1 Å². The van der Waals surface area contributed by atoms with E-state index in [1.54, 1.807) is 6.07 Å². The Labute approximate surface area is 124 Å². The molecule has 5 heteroatoms. The molecule has 3 rings (SSSR count). The molecule has 2 fully saturated rings. The smallest absolute Gasteiger partial charge is 0.167 e. The second kappa shape index (κ2) is 5.81. The van der Waals surface area contributed by atoms with E-state index < -0.39 is 5.82 Å². The first kappa shape index (κ1) is 14.6. The van der Waals surface area contributed by atoms with E-state index in [-0.39, 0.29) is 17.5 Å². The quantitative estimate of drug-likeness (QED) is 0.852. The van der Waals surface area contributed by atoms with Crippen molar-refractivity contribution in [3.05, 3.63) is 23.5 Å². The number of hydrogen-bond donors (Lipinski definition) is 1. The lowest BCUT2D eigenvalue weighted by molar-refractivity contribution is -0.155. The van der Waals surface area contributed by atoms with Crippen molar-refractivity contribution in [3.8, 4) is 5.75 Å².